The molecule has 2 aromatic heterocycles. The maximum atomic E-state index is 11.7. The van der Waals surface area contributed by atoms with E-state index >= 15 is 0 Å². The van der Waals surface area contributed by atoms with Crippen LogP contribution in [-0.4, -0.2) is 38.9 Å². The molecular weight excluding hydrogens is 414 g/mol. The molecule has 0 amide bonds. The molecule has 0 atom stereocenters. The monoisotopic (exact) mass is 441 g/mol. The van der Waals surface area contributed by atoms with Crippen LogP contribution in [0.2, 0.25) is 0 Å². The quantitative estimate of drug-likeness (QED) is 0.374. The standard InChI is InChI=1S/C27H27N3O3/c1-5-17-7-6-8-20-21-15-18(9-11-22(21)29(3)25(17)20)26-28-24-16(2)19(27(31)32)10-12-23(24)30(26)13-14-33-4/h6-12,15H,5,13-14H2,1-4H3,(H,31,32). The number of imidazole rings is 1. The maximum absolute atomic E-state index is 11.7. The molecule has 0 unspecified atom stereocenters. The van der Waals surface area contributed by atoms with Crippen LogP contribution >= 0.6 is 0 Å². The van der Waals surface area contributed by atoms with Gasteiger partial charge in [-0.15, -0.1) is 0 Å². The number of methoxy groups -OCH3 is 1. The third-order valence-electron chi connectivity index (χ3n) is 6.67. The van der Waals surface area contributed by atoms with Gasteiger partial charge in [-0.1, -0.05) is 25.1 Å². The van der Waals surface area contributed by atoms with E-state index in [1.807, 2.05) is 13.0 Å². The van der Waals surface area contributed by atoms with E-state index in [0.29, 0.717) is 24.2 Å². The van der Waals surface area contributed by atoms with Crippen LogP contribution in [0.4, 0.5) is 0 Å². The number of para-hydroxylation sites is 1. The van der Waals surface area contributed by atoms with Gasteiger partial charge >= 0.3 is 5.97 Å². The summed E-state index contributed by atoms with van der Waals surface area (Å²) in [6.07, 6.45) is 0.979. The summed E-state index contributed by atoms with van der Waals surface area (Å²) in [5, 5.41) is 12.0. The van der Waals surface area contributed by atoms with E-state index in [1.54, 1.807) is 13.2 Å². The number of carboxylic acids is 1. The zero-order chi connectivity index (χ0) is 23.3. The molecule has 2 heterocycles. The summed E-state index contributed by atoms with van der Waals surface area (Å²) in [6.45, 7) is 5.17. The number of ether oxygens (including phenoxy) is 1. The number of hydrogen-bond donors (Lipinski definition) is 1. The zero-order valence-electron chi connectivity index (χ0n) is 19.3. The van der Waals surface area contributed by atoms with Crippen molar-refractivity contribution in [2.24, 2.45) is 7.05 Å². The molecular formula is C27H27N3O3. The molecule has 0 fully saturated rings. The second-order valence-electron chi connectivity index (χ2n) is 8.45. The van der Waals surface area contributed by atoms with Crippen LogP contribution in [0.15, 0.2) is 48.5 Å². The summed E-state index contributed by atoms with van der Waals surface area (Å²) in [6, 6.07) is 16.5. The van der Waals surface area contributed by atoms with Gasteiger partial charge in [-0.2, -0.15) is 0 Å². The highest BCUT2D eigenvalue weighted by atomic mass is 16.5. The Labute approximate surface area is 192 Å². The van der Waals surface area contributed by atoms with Gasteiger partial charge in [-0.3, -0.25) is 0 Å². The number of aromatic carboxylic acids is 1. The molecule has 1 N–H and O–H groups in total. The van der Waals surface area contributed by atoms with Gasteiger partial charge in [-0.05, 0) is 54.8 Å². The fraction of sp³-hybridized carbons (Fsp3) is 0.259. The van der Waals surface area contributed by atoms with Crippen molar-refractivity contribution < 1.29 is 14.6 Å². The average molecular weight is 442 g/mol. The number of aryl methyl sites for hydroxylation is 3. The van der Waals surface area contributed by atoms with Crippen LogP contribution in [-0.2, 0) is 24.8 Å². The number of carbonyl (C=O) groups is 1. The number of nitrogens with zero attached hydrogens (tertiary/aromatic N) is 3. The lowest BCUT2D eigenvalue weighted by Gasteiger charge is -2.10. The molecule has 6 nitrogen and oxygen atoms in total. The van der Waals surface area contributed by atoms with Crippen molar-refractivity contribution in [1.29, 1.82) is 0 Å². The first-order chi connectivity index (χ1) is 16.0. The van der Waals surface area contributed by atoms with Gasteiger partial charge in [0.1, 0.15) is 5.82 Å². The van der Waals surface area contributed by atoms with Crippen LogP contribution in [0.25, 0.3) is 44.2 Å². The molecule has 33 heavy (non-hydrogen) atoms. The minimum absolute atomic E-state index is 0.280. The van der Waals surface area contributed by atoms with Gasteiger partial charge in [-0.25, -0.2) is 9.78 Å². The topological polar surface area (TPSA) is 69.3 Å². The SMILES string of the molecule is CCc1cccc2c3cc(-c4nc5c(C)c(C(=O)O)ccc5n4CCOC)ccc3n(C)c12. The lowest BCUT2D eigenvalue weighted by Crippen LogP contribution is -2.06. The van der Waals surface area contributed by atoms with Gasteiger partial charge < -0.3 is 19.0 Å². The van der Waals surface area contributed by atoms with Crippen LogP contribution in [0.3, 0.4) is 0 Å². The van der Waals surface area contributed by atoms with Crippen molar-refractivity contribution in [3.05, 3.63) is 65.2 Å². The largest absolute Gasteiger partial charge is 0.478 e. The Morgan fingerprint density at radius 2 is 1.88 bits per heavy atom. The Kier molecular flexibility index (Phi) is 5.17. The van der Waals surface area contributed by atoms with Gasteiger partial charge in [0.15, 0.2) is 0 Å². The van der Waals surface area contributed by atoms with E-state index in [2.05, 4.69) is 59.5 Å². The van der Waals surface area contributed by atoms with Crippen molar-refractivity contribution in [2.75, 3.05) is 13.7 Å². The highest BCUT2D eigenvalue weighted by molar-refractivity contribution is 6.10. The lowest BCUT2D eigenvalue weighted by molar-refractivity contribution is 0.0696. The summed E-state index contributed by atoms with van der Waals surface area (Å²) >= 11 is 0. The molecule has 0 radical (unpaired) electrons. The first-order valence-corrected chi connectivity index (χ1v) is 11.2. The summed E-state index contributed by atoms with van der Waals surface area (Å²) < 4.78 is 9.75. The predicted molar refractivity (Wildman–Crippen MR) is 132 cm³/mol. The Bertz CT molecular complexity index is 1540. The Hall–Kier alpha value is -3.64. The number of carboxylic acid groups (broad SMARTS) is 1. The normalized spacial score (nSPS) is 11.8. The fourth-order valence-corrected chi connectivity index (χ4v) is 4.98. The van der Waals surface area contributed by atoms with Crippen molar-refractivity contribution in [2.45, 2.75) is 26.8 Å². The molecule has 0 aliphatic carbocycles. The Morgan fingerprint density at radius 1 is 1.09 bits per heavy atom. The van der Waals surface area contributed by atoms with Gasteiger partial charge in [0.25, 0.3) is 0 Å². The van der Waals surface area contributed by atoms with E-state index < -0.39 is 5.97 Å². The number of rotatable bonds is 6. The molecule has 0 bridgehead atoms. The van der Waals surface area contributed by atoms with Gasteiger partial charge in [0.05, 0.1) is 28.7 Å². The molecule has 0 saturated heterocycles. The first-order valence-electron chi connectivity index (χ1n) is 11.2. The summed E-state index contributed by atoms with van der Waals surface area (Å²) in [7, 11) is 3.80. The highest BCUT2D eigenvalue weighted by Crippen LogP contribution is 2.35. The van der Waals surface area contributed by atoms with Gasteiger partial charge in [0.2, 0.25) is 0 Å². The average Bonchev–Trinajstić information content (AvgIpc) is 3.33. The van der Waals surface area contributed by atoms with E-state index in [-0.39, 0.29) is 5.56 Å². The van der Waals surface area contributed by atoms with E-state index in [4.69, 9.17) is 9.72 Å². The number of hydrogen-bond acceptors (Lipinski definition) is 3. The minimum atomic E-state index is -0.939. The molecule has 5 aromatic rings. The zero-order valence-corrected chi connectivity index (χ0v) is 19.3. The summed E-state index contributed by atoms with van der Waals surface area (Å²) in [5.74, 6) is -0.121. The second kappa shape index (κ2) is 8.05. The highest BCUT2D eigenvalue weighted by Gasteiger charge is 2.19. The molecule has 168 valence electrons. The van der Waals surface area contributed by atoms with Crippen LogP contribution in [0.1, 0.15) is 28.4 Å². The second-order valence-corrected chi connectivity index (χ2v) is 8.45. The van der Waals surface area contributed by atoms with Crippen LogP contribution in [0, 0.1) is 6.92 Å². The van der Waals surface area contributed by atoms with Crippen molar-refractivity contribution in [1.82, 2.24) is 14.1 Å². The Balaban J connectivity index is 1.79. The predicted octanol–water partition coefficient (Wildman–Crippen LogP) is 5.56. The molecule has 3 aromatic carbocycles. The third-order valence-corrected chi connectivity index (χ3v) is 6.67. The number of aromatic nitrogens is 3. The first kappa shape index (κ1) is 21.2. The molecule has 0 aliphatic heterocycles. The molecule has 0 spiro atoms. The molecule has 6 heteroatoms. The van der Waals surface area contributed by atoms with E-state index in [9.17, 15) is 9.90 Å². The molecule has 5 rings (SSSR count). The molecule has 0 aliphatic rings. The van der Waals surface area contributed by atoms with Crippen LogP contribution < -0.4 is 0 Å². The van der Waals surface area contributed by atoms with Gasteiger partial charge in [0, 0.05) is 42.6 Å². The summed E-state index contributed by atoms with van der Waals surface area (Å²) in [4.78, 5) is 16.6. The summed E-state index contributed by atoms with van der Waals surface area (Å²) in [5.41, 5.74) is 7.36. The third kappa shape index (κ3) is 3.21. The lowest BCUT2D eigenvalue weighted by atomic mass is 10.1. The van der Waals surface area contributed by atoms with Crippen molar-refractivity contribution >= 4 is 38.8 Å². The smallest absolute Gasteiger partial charge is 0.336 e. The number of benzene rings is 3. The minimum Gasteiger partial charge on any atom is -0.478 e. The van der Waals surface area contributed by atoms with Crippen LogP contribution in [0.5, 0.6) is 0 Å². The Morgan fingerprint density at radius 3 is 2.61 bits per heavy atom. The fourth-order valence-electron chi connectivity index (χ4n) is 4.98. The van der Waals surface area contributed by atoms with E-state index in [1.165, 1.54) is 27.4 Å². The maximum Gasteiger partial charge on any atom is 0.336 e. The van der Waals surface area contributed by atoms with E-state index in [0.717, 1.165) is 23.3 Å². The molecule has 0 saturated carbocycles. The van der Waals surface area contributed by atoms with Crippen molar-refractivity contribution in [3.8, 4) is 11.4 Å². The van der Waals surface area contributed by atoms with Crippen molar-refractivity contribution in [3.63, 3.8) is 0 Å². The number of fused-ring (bicyclic) bond motifs is 4.